The third kappa shape index (κ3) is 4.49. The van der Waals surface area contributed by atoms with Crippen LogP contribution >= 0.6 is 0 Å². The van der Waals surface area contributed by atoms with Gasteiger partial charge in [0.25, 0.3) is 0 Å². The van der Waals surface area contributed by atoms with Crippen LogP contribution in [0.4, 0.5) is 0 Å². The SMILES string of the molecule is CCCCC1CC(C23C[C@@H]4[C@H](C)CC[C@H]4C4(C=O)CC2CC(C(C)C)C34C(=O)O)OC1CN(CC)CCN(CC)CC. The lowest BCUT2D eigenvalue weighted by Gasteiger charge is -2.61. The second-order valence-electron chi connectivity index (χ2n) is 15.5. The Morgan fingerprint density at radius 3 is 2.31 bits per heavy atom. The van der Waals surface area contributed by atoms with Crippen molar-refractivity contribution in [2.24, 2.45) is 57.7 Å². The number of fused-ring (bicyclic) bond motifs is 2. The number of carboxylic acid groups (broad SMARTS) is 1. The van der Waals surface area contributed by atoms with Gasteiger partial charge in [-0.25, -0.2) is 0 Å². The van der Waals surface area contributed by atoms with Crippen molar-refractivity contribution in [3.05, 3.63) is 0 Å². The van der Waals surface area contributed by atoms with Crippen LogP contribution in [0, 0.1) is 57.7 Å². The van der Waals surface area contributed by atoms with Crippen LogP contribution in [0.2, 0.25) is 0 Å². The molecule has 42 heavy (non-hydrogen) atoms. The molecule has 0 aromatic heterocycles. The molecule has 1 heterocycles. The Bertz CT molecular complexity index is 968. The van der Waals surface area contributed by atoms with Gasteiger partial charge in [-0.2, -0.15) is 0 Å². The lowest BCUT2D eigenvalue weighted by molar-refractivity contribution is -0.215. The molecule has 11 atom stereocenters. The molecule has 0 aromatic carbocycles. The van der Waals surface area contributed by atoms with Gasteiger partial charge in [0.05, 0.1) is 17.6 Å². The Morgan fingerprint density at radius 2 is 1.71 bits per heavy atom. The van der Waals surface area contributed by atoms with Crippen LogP contribution in [-0.2, 0) is 14.3 Å². The van der Waals surface area contributed by atoms with Crippen LogP contribution in [0.3, 0.4) is 0 Å². The van der Waals surface area contributed by atoms with Gasteiger partial charge in [0, 0.05) is 30.5 Å². The molecule has 1 saturated heterocycles. The summed E-state index contributed by atoms with van der Waals surface area (Å²) in [4.78, 5) is 32.6. The minimum atomic E-state index is -1.01. The van der Waals surface area contributed by atoms with E-state index in [0.717, 1.165) is 84.2 Å². The van der Waals surface area contributed by atoms with Crippen LogP contribution < -0.4 is 0 Å². The van der Waals surface area contributed by atoms with E-state index in [-0.39, 0.29) is 35.9 Å². The highest BCUT2D eigenvalue weighted by atomic mass is 16.5. The number of hydrogen-bond acceptors (Lipinski definition) is 5. The molecule has 0 radical (unpaired) electrons. The van der Waals surface area contributed by atoms with Crippen LogP contribution in [-0.4, -0.2) is 78.6 Å². The first-order valence-corrected chi connectivity index (χ1v) is 17.9. The van der Waals surface area contributed by atoms with Crippen molar-refractivity contribution in [2.75, 3.05) is 39.3 Å². The Balaban J connectivity index is 1.53. The zero-order valence-corrected chi connectivity index (χ0v) is 27.9. The van der Waals surface area contributed by atoms with Gasteiger partial charge in [-0.15, -0.1) is 0 Å². The monoisotopic (exact) mass is 586 g/mol. The van der Waals surface area contributed by atoms with Crippen molar-refractivity contribution in [3.8, 4) is 0 Å². The second kappa shape index (κ2) is 12.4. The van der Waals surface area contributed by atoms with E-state index in [0.29, 0.717) is 17.8 Å². The quantitative estimate of drug-likeness (QED) is 0.218. The smallest absolute Gasteiger partial charge is 0.311 e. The van der Waals surface area contributed by atoms with Crippen molar-refractivity contribution >= 4 is 12.3 Å². The summed E-state index contributed by atoms with van der Waals surface area (Å²) in [5.41, 5.74) is -2.19. The van der Waals surface area contributed by atoms with E-state index in [9.17, 15) is 14.7 Å². The van der Waals surface area contributed by atoms with Crippen molar-refractivity contribution in [3.63, 3.8) is 0 Å². The summed E-state index contributed by atoms with van der Waals surface area (Å²) in [6.07, 6.45) is 10.6. The molecule has 4 saturated carbocycles. The van der Waals surface area contributed by atoms with Gasteiger partial charge in [-0.3, -0.25) is 9.69 Å². The van der Waals surface area contributed by atoms with Crippen molar-refractivity contribution in [1.29, 1.82) is 0 Å². The van der Waals surface area contributed by atoms with Gasteiger partial charge in [-0.1, -0.05) is 67.7 Å². The van der Waals surface area contributed by atoms with E-state index in [1.807, 2.05) is 0 Å². The molecule has 240 valence electrons. The third-order valence-corrected chi connectivity index (χ3v) is 14.0. The van der Waals surface area contributed by atoms with Gasteiger partial charge >= 0.3 is 5.97 Å². The van der Waals surface area contributed by atoms with Crippen LogP contribution in [0.25, 0.3) is 0 Å². The van der Waals surface area contributed by atoms with Gasteiger partial charge in [0.1, 0.15) is 6.29 Å². The molecule has 5 fully saturated rings. The highest BCUT2D eigenvalue weighted by Crippen LogP contribution is 2.86. The number of rotatable bonds is 15. The molecule has 0 amide bonds. The van der Waals surface area contributed by atoms with Crippen molar-refractivity contribution in [1.82, 2.24) is 9.80 Å². The predicted molar refractivity (Wildman–Crippen MR) is 168 cm³/mol. The molecule has 5 rings (SSSR count). The number of nitrogens with zero attached hydrogens (tertiary/aromatic N) is 2. The van der Waals surface area contributed by atoms with Crippen LogP contribution in [0.15, 0.2) is 0 Å². The highest BCUT2D eigenvalue weighted by Gasteiger charge is 2.88. The number of aliphatic carboxylic acids is 1. The third-order valence-electron chi connectivity index (χ3n) is 14.0. The van der Waals surface area contributed by atoms with Crippen LogP contribution in [0.5, 0.6) is 0 Å². The molecule has 8 unspecified atom stereocenters. The Labute approximate surface area is 256 Å². The van der Waals surface area contributed by atoms with Gasteiger partial charge in [0.2, 0.25) is 0 Å². The summed E-state index contributed by atoms with van der Waals surface area (Å²) in [6, 6.07) is 0. The maximum atomic E-state index is 14.0. The summed E-state index contributed by atoms with van der Waals surface area (Å²) >= 11 is 0. The number of ether oxygens (including phenoxy) is 1. The standard InChI is InChI=1S/C36H62N2O4/c1-8-12-13-26-18-32(42-31(26)22-38(11-4)17-16-37(9-2)10-3)35-21-28-25(7)14-15-29(28)34(23-39)20-27(35)19-30(24(5)6)36(34,35)33(40)41/h23-32H,8-22H2,1-7H3,(H,40,41)/t25-,26?,27?,28-,29-,30?,31?,32?,34?,35?,36?/m1/s1. The Kier molecular flexibility index (Phi) is 9.59. The fourth-order valence-corrected chi connectivity index (χ4v) is 12.1. The lowest BCUT2D eigenvalue weighted by atomic mass is 9.40. The number of unbranched alkanes of at least 4 members (excludes halogenated alkanes) is 1. The highest BCUT2D eigenvalue weighted by molar-refractivity contribution is 5.86. The molecular weight excluding hydrogens is 524 g/mol. The maximum absolute atomic E-state index is 14.0. The van der Waals surface area contributed by atoms with E-state index in [4.69, 9.17) is 4.74 Å². The first-order chi connectivity index (χ1) is 20.1. The van der Waals surface area contributed by atoms with E-state index >= 15 is 0 Å². The summed E-state index contributed by atoms with van der Waals surface area (Å²) in [5, 5.41) is 11.5. The molecule has 1 N–H and O–H groups in total. The molecule has 5 aliphatic rings. The van der Waals surface area contributed by atoms with Crippen LogP contribution in [0.1, 0.15) is 106 Å². The molecule has 6 heteroatoms. The number of aldehydes is 1. The van der Waals surface area contributed by atoms with Gasteiger partial charge in [-0.05, 0) is 99.6 Å². The average molecular weight is 587 g/mol. The minimum absolute atomic E-state index is 0.0359. The lowest BCUT2D eigenvalue weighted by Crippen LogP contribution is -2.66. The maximum Gasteiger partial charge on any atom is 0.311 e. The van der Waals surface area contributed by atoms with E-state index < -0.39 is 22.2 Å². The van der Waals surface area contributed by atoms with Gasteiger partial charge in [0.15, 0.2) is 0 Å². The Morgan fingerprint density at radius 1 is 1.02 bits per heavy atom. The number of carbonyl (C=O) groups excluding carboxylic acids is 1. The van der Waals surface area contributed by atoms with E-state index in [2.05, 4.69) is 58.3 Å². The molecule has 0 spiro atoms. The normalized spacial score (nSPS) is 44.0. The molecule has 4 aliphatic carbocycles. The first kappa shape index (κ1) is 32.4. The summed E-state index contributed by atoms with van der Waals surface area (Å²) in [6.45, 7) is 22.0. The average Bonchev–Trinajstić information content (AvgIpc) is 3.68. The predicted octanol–water partition coefficient (Wildman–Crippen LogP) is 6.62. The van der Waals surface area contributed by atoms with E-state index in [1.54, 1.807) is 0 Å². The number of likely N-dealkylation sites (N-methyl/N-ethyl adjacent to an activating group) is 2. The fourth-order valence-electron chi connectivity index (χ4n) is 12.1. The molecule has 4 bridgehead atoms. The minimum Gasteiger partial charge on any atom is -0.481 e. The summed E-state index contributed by atoms with van der Waals surface area (Å²) in [7, 11) is 0. The molecular formula is C36H62N2O4. The van der Waals surface area contributed by atoms with Crippen molar-refractivity contribution in [2.45, 2.75) is 118 Å². The summed E-state index contributed by atoms with van der Waals surface area (Å²) < 4.78 is 7.35. The zero-order valence-electron chi connectivity index (χ0n) is 27.9. The largest absolute Gasteiger partial charge is 0.481 e. The summed E-state index contributed by atoms with van der Waals surface area (Å²) in [5.74, 6) is 1.53. The van der Waals surface area contributed by atoms with Crippen molar-refractivity contribution < 1.29 is 19.4 Å². The zero-order chi connectivity index (χ0) is 30.4. The second-order valence-corrected chi connectivity index (χ2v) is 15.5. The fraction of sp³-hybridized carbons (Fsp3) is 0.944. The topological polar surface area (TPSA) is 70.1 Å². The molecule has 1 aliphatic heterocycles. The number of hydrogen-bond donors (Lipinski definition) is 1. The van der Waals surface area contributed by atoms with Gasteiger partial charge < -0.3 is 19.5 Å². The van der Waals surface area contributed by atoms with E-state index in [1.165, 1.54) is 19.1 Å². The Hall–Kier alpha value is -0.980. The molecule has 6 nitrogen and oxygen atoms in total. The molecule has 0 aromatic rings. The first-order valence-electron chi connectivity index (χ1n) is 17.9. The number of carbonyl (C=O) groups is 2. The number of carboxylic acids is 1.